The molecular weight excluding hydrogens is 292 g/mol. The third-order valence-electron chi connectivity index (χ3n) is 1.86. The number of nitrogens with one attached hydrogen (secondary N) is 1. The number of nitrogen functional groups attached to an aromatic ring is 1. The van der Waals surface area contributed by atoms with Crippen molar-refractivity contribution in [2.24, 2.45) is 0 Å². The van der Waals surface area contributed by atoms with E-state index in [4.69, 9.17) is 5.73 Å². The van der Waals surface area contributed by atoms with E-state index < -0.39 is 0 Å². The molecule has 2 rings (SSSR count). The summed E-state index contributed by atoms with van der Waals surface area (Å²) in [5.41, 5.74) is 6.70. The molecule has 1 amide bonds. The van der Waals surface area contributed by atoms with Gasteiger partial charge in [-0.3, -0.25) is 4.79 Å². The Bertz CT molecular complexity index is 514. The van der Waals surface area contributed by atoms with E-state index in [2.05, 4.69) is 30.8 Å². The smallest absolute Gasteiger partial charge is 0.256 e. The molecule has 0 aliphatic rings. The number of hydrogen-bond donors (Lipinski definition) is 2. The lowest BCUT2D eigenvalue weighted by atomic mass is 10.2. The summed E-state index contributed by atoms with van der Waals surface area (Å²) in [7, 11) is 0. The highest BCUT2D eigenvalue weighted by molar-refractivity contribution is 9.10. The van der Waals surface area contributed by atoms with Gasteiger partial charge >= 0.3 is 0 Å². The summed E-state index contributed by atoms with van der Waals surface area (Å²) < 4.78 is 4.41. The molecule has 0 spiro atoms. The van der Waals surface area contributed by atoms with Gasteiger partial charge in [0.05, 0.1) is 6.20 Å². The molecule has 7 heteroatoms. The number of amides is 1. The van der Waals surface area contributed by atoms with Crippen LogP contribution in [-0.2, 0) is 0 Å². The monoisotopic (exact) mass is 298 g/mol. The summed E-state index contributed by atoms with van der Waals surface area (Å²) in [6.07, 6.45) is 1.49. The average molecular weight is 299 g/mol. The van der Waals surface area contributed by atoms with Gasteiger partial charge in [0.15, 0.2) is 0 Å². The van der Waals surface area contributed by atoms with Crippen molar-refractivity contribution < 1.29 is 4.79 Å². The van der Waals surface area contributed by atoms with Gasteiger partial charge in [0.25, 0.3) is 5.91 Å². The SMILES string of the molecule is Nc1cc(C(=O)Nc2cnns2)ccc1Br. The molecule has 0 aliphatic heterocycles. The van der Waals surface area contributed by atoms with Gasteiger partial charge < -0.3 is 11.1 Å². The van der Waals surface area contributed by atoms with Crippen molar-refractivity contribution in [2.45, 2.75) is 0 Å². The fraction of sp³-hybridized carbons (Fsp3) is 0. The Kier molecular flexibility index (Phi) is 3.16. The van der Waals surface area contributed by atoms with Crippen molar-refractivity contribution in [2.75, 3.05) is 11.1 Å². The molecule has 0 saturated carbocycles. The van der Waals surface area contributed by atoms with Crippen LogP contribution in [0, 0.1) is 0 Å². The van der Waals surface area contributed by atoms with Crippen molar-refractivity contribution in [3.8, 4) is 0 Å². The second-order valence-corrected chi connectivity index (χ2v) is 4.61. The van der Waals surface area contributed by atoms with Crippen LogP contribution in [0.15, 0.2) is 28.9 Å². The summed E-state index contributed by atoms with van der Waals surface area (Å²) in [4.78, 5) is 11.7. The Labute approximate surface area is 104 Å². The molecule has 16 heavy (non-hydrogen) atoms. The summed E-state index contributed by atoms with van der Waals surface area (Å²) in [5.74, 6) is -0.231. The molecule has 1 heterocycles. The largest absolute Gasteiger partial charge is 0.398 e. The van der Waals surface area contributed by atoms with E-state index in [1.807, 2.05) is 0 Å². The number of carbonyl (C=O) groups is 1. The summed E-state index contributed by atoms with van der Waals surface area (Å²) in [5, 5.41) is 6.89. The minimum atomic E-state index is -0.231. The highest BCUT2D eigenvalue weighted by Crippen LogP contribution is 2.21. The van der Waals surface area contributed by atoms with Crippen molar-refractivity contribution in [3.63, 3.8) is 0 Å². The molecule has 2 aromatic rings. The van der Waals surface area contributed by atoms with Crippen LogP contribution in [-0.4, -0.2) is 15.5 Å². The first kappa shape index (κ1) is 11.0. The van der Waals surface area contributed by atoms with E-state index in [-0.39, 0.29) is 5.91 Å². The number of rotatable bonds is 2. The van der Waals surface area contributed by atoms with E-state index in [1.54, 1.807) is 18.2 Å². The standard InChI is InChI=1S/C9H7BrN4OS/c10-6-2-1-5(3-7(6)11)9(15)13-8-4-12-14-16-8/h1-4H,11H2,(H,13,15). The molecule has 5 nitrogen and oxygen atoms in total. The number of nitrogens with two attached hydrogens (primary N) is 1. The zero-order valence-corrected chi connectivity index (χ0v) is 10.4. The van der Waals surface area contributed by atoms with Crippen molar-refractivity contribution >= 4 is 44.1 Å². The van der Waals surface area contributed by atoms with Crippen LogP contribution in [0.3, 0.4) is 0 Å². The molecule has 1 aromatic heterocycles. The van der Waals surface area contributed by atoms with Crippen LogP contribution in [0.5, 0.6) is 0 Å². The Morgan fingerprint density at radius 2 is 2.31 bits per heavy atom. The lowest BCUT2D eigenvalue weighted by molar-refractivity contribution is 0.102. The van der Waals surface area contributed by atoms with Crippen molar-refractivity contribution in [1.29, 1.82) is 0 Å². The number of benzene rings is 1. The van der Waals surface area contributed by atoms with Gasteiger partial charge in [-0.1, -0.05) is 4.49 Å². The normalized spacial score (nSPS) is 10.1. The highest BCUT2D eigenvalue weighted by Gasteiger charge is 2.08. The zero-order chi connectivity index (χ0) is 11.5. The van der Waals surface area contributed by atoms with Gasteiger partial charge in [-0.05, 0) is 34.1 Å². The molecule has 0 unspecified atom stereocenters. The molecular formula is C9H7BrN4OS. The number of aromatic nitrogens is 2. The van der Waals surface area contributed by atoms with Gasteiger partial charge in [-0.25, -0.2) is 0 Å². The maximum Gasteiger partial charge on any atom is 0.256 e. The topological polar surface area (TPSA) is 80.9 Å². The molecule has 0 radical (unpaired) electrons. The third-order valence-corrected chi connectivity index (χ3v) is 3.16. The fourth-order valence-electron chi connectivity index (χ4n) is 1.09. The van der Waals surface area contributed by atoms with Crippen LogP contribution in [0.1, 0.15) is 10.4 Å². The van der Waals surface area contributed by atoms with Crippen LogP contribution < -0.4 is 11.1 Å². The van der Waals surface area contributed by atoms with E-state index in [1.165, 1.54) is 6.20 Å². The number of nitrogens with zero attached hydrogens (tertiary/aromatic N) is 2. The Hall–Kier alpha value is -1.47. The Morgan fingerprint density at radius 3 is 2.94 bits per heavy atom. The average Bonchev–Trinajstić information content (AvgIpc) is 2.74. The van der Waals surface area contributed by atoms with Gasteiger partial charge in [-0.2, -0.15) is 0 Å². The summed E-state index contributed by atoms with van der Waals surface area (Å²) in [6.45, 7) is 0. The molecule has 3 N–H and O–H groups in total. The van der Waals surface area contributed by atoms with E-state index in [0.717, 1.165) is 16.0 Å². The minimum Gasteiger partial charge on any atom is -0.398 e. The second-order valence-electron chi connectivity index (χ2n) is 2.97. The second kappa shape index (κ2) is 4.58. The molecule has 82 valence electrons. The molecule has 0 bridgehead atoms. The quantitative estimate of drug-likeness (QED) is 0.832. The van der Waals surface area contributed by atoms with E-state index in [9.17, 15) is 4.79 Å². The highest BCUT2D eigenvalue weighted by atomic mass is 79.9. The van der Waals surface area contributed by atoms with Gasteiger partial charge in [0.1, 0.15) is 5.00 Å². The maximum absolute atomic E-state index is 11.7. The van der Waals surface area contributed by atoms with Crippen LogP contribution in [0.4, 0.5) is 10.7 Å². The number of hydrogen-bond acceptors (Lipinski definition) is 5. The van der Waals surface area contributed by atoms with E-state index >= 15 is 0 Å². The number of carbonyl (C=O) groups excluding carboxylic acids is 1. The summed E-state index contributed by atoms with van der Waals surface area (Å²) in [6, 6.07) is 5.02. The first-order valence-electron chi connectivity index (χ1n) is 4.30. The zero-order valence-electron chi connectivity index (χ0n) is 7.98. The van der Waals surface area contributed by atoms with Gasteiger partial charge in [0, 0.05) is 27.3 Å². The van der Waals surface area contributed by atoms with Crippen molar-refractivity contribution in [1.82, 2.24) is 9.59 Å². The first-order valence-corrected chi connectivity index (χ1v) is 5.87. The lowest BCUT2D eigenvalue weighted by Gasteiger charge is -2.03. The third kappa shape index (κ3) is 2.37. The van der Waals surface area contributed by atoms with Crippen LogP contribution in [0.2, 0.25) is 0 Å². The molecule has 1 aromatic carbocycles. The van der Waals surface area contributed by atoms with Crippen LogP contribution in [0.25, 0.3) is 0 Å². The molecule has 0 atom stereocenters. The molecule has 0 aliphatic carbocycles. The number of halogens is 1. The van der Waals surface area contributed by atoms with Gasteiger partial charge in [-0.15, -0.1) is 5.10 Å². The number of anilines is 2. The Balaban J connectivity index is 2.18. The first-order chi connectivity index (χ1) is 7.66. The predicted octanol–water partition coefficient (Wildman–Crippen LogP) is 2.14. The minimum absolute atomic E-state index is 0.231. The van der Waals surface area contributed by atoms with Crippen molar-refractivity contribution in [3.05, 3.63) is 34.4 Å². The Morgan fingerprint density at radius 1 is 1.50 bits per heavy atom. The molecule has 0 saturated heterocycles. The van der Waals surface area contributed by atoms with Crippen LogP contribution >= 0.6 is 27.5 Å². The summed E-state index contributed by atoms with van der Waals surface area (Å²) >= 11 is 4.38. The fourth-order valence-corrected chi connectivity index (χ4v) is 1.75. The molecule has 0 fully saturated rings. The van der Waals surface area contributed by atoms with Gasteiger partial charge in [0.2, 0.25) is 0 Å². The van der Waals surface area contributed by atoms with E-state index in [0.29, 0.717) is 16.3 Å². The predicted molar refractivity (Wildman–Crippen MR) is 66.4 cm³/mol. The maximum atomic E-state index is 11.7. The lowest BCUT2D eigenvalue weighted by Crippen LogP contribution is -2.11.